The summed E-state index contributed by atoms with van der Waals surface area (Å²) in [6, 6.07) is 9.22. The van der Waals surface area contributed by atoms with Crippen LogP contribution in [0.5, 0.6) is 0 Å². The van der Waals surface area contributed by atoms with Crippen molar-refractivity contribution in [1.29, 1.82) is 0 Å². The van der Waals surface area contributed by atoms with E-state index in [-0.39, 0.29) is 24.0 Å². The number of para-hydroxylation sites is 2. The Kier molecular flexibility index (Phi) is 9.64. The average molecular weight is 514 g/mol. The standard InChI is InChI=1S/C21H34N6O.HI/c1-16(26-12-13-28-15-17(26)2)14-24-21(22-4)23-10-7-11-27-18(3)25-19-8-5-6-9-20(19)27;/h5-6,8-9,16-17H,7,10-15H2,1-4H3,(H2,22,23,24);1H. The Bertz CT molecular complexity index is 793. The maximum atomic E-state index is 5.54. The highest BCUT2D eigenvalue weighted by Gasteiger charge is 2.23. The molecule has 7 nitrogen and oxygen atoms in total. The van der Waals surface area contributed by atoms with Gasteiger partial charge >= 0.3 is 0 Å². The van der Waals surface area contributed by atoms with Gasteiger partial charge in [0.25, 0.3) is 0 Å². The van der Waals surface area contributed by atoms with Gasteiger partial charge in [0, 0.05) is 45.3 Å². The molecule has 0 spiro atoms. The van der Waals surface area contributed by atoms with Crippen molar-refractivity contribution >= 4 is 41.0 Å². The number of aromatic nitrogens is 2. The average Bonchev–Trinajstić information content (AvgIpc) is 3.02. The van der Waals surface area contributed by atoms with Crippen LogP contribution in [0, 0.1) is 6.92 Å². The zero-order chi connectivity index (χ0) is 19.9. The van der Waals surface area contributed by atoms with Gasteiger partial charge in [-0.05, 0) is 39.3 Å². The Hall–Kier alpha value is -1.39. The Morgan fingerprint density at radius 3 is 2.90 bits per heavy atom. The van der Waals surface area contributed by atoms with E-state index in [1.165, 1.54) is 5.52 Å². The van der Waals surface area contributed by atoms with E-state index in [2.05, 4.69) is 69.0 Å². The zero-order valence-electron chi connectivity index (χ0n) is 18.0. The number of hydrogen-bond donors (Lipinski definition) is 2. The number of morpholine rings is 1. The number of benzene rings is 1. The van der Waals surface area contributed by atoms with E-state index in [9.17, 15) is 0 Å². The molecule has 0 bridgehead atoms. The van der Waals surface area contributed by atoms with Crippen LogP contribution >= 0.6 is 24.0 Å². The predicted octanol–water partition coefficient (Wildman–Crippen LogP) is 2.63. The van der Waals surface area contributed by atoms with Crippen LogP contribution in [0.3, 0.4) is 0 Å². The molecule has 2 N–H and O–H groups in total. The van der Waals surface area contributed by atoms with Crippen molar-refractivity contribution in [2.45, 2.75) is 45.8 Å². The van der Waals surface area contributed by atoms with Gasteiger partial charge in [-0.15, -0.1) is 24.0 Å². The smallest absolute Gasteiger partial charge is 0.191 e. The number of nitrogens with one attached hydrogen (secondary N) is 2. The highest BCUT2D eigenvalue weighted by molar-refractivity contribution is 14.0. The number of rotatable bonds is 7. The summed E-state index contributed by atoms with van der Waals surface area (Å²) in [5.41, 5.74) is 2.27. The maximum Gasteiger partial charge on any atom is 0.191 e. The van der Waals surface area contributed by atoms with E-state index in [0.717, 1.165) is 63.1 Å². The summed E-state index contributed by atoms with van der Waals surface area (Å²) in [7, 11) is 1.82. The topological polar surface area (TPSA) is 66.7 Å². The second-order valence-electron chi connectivity index (χ2n) is 7.54. The molecule has 2 aromatic rings. The SMILES string of the molecule is CN=C(NCCCn1c(C)nc2ccccc21)NCC(C)N1CCOCC1C.I. The lowest BCUT2D eigenvalue weighted by Crippen LogP contribution is -2.53. The summed E-state index contributed by atoms with van der Waals surface area (Å²) in [6.07, 6.45) is 1.01. The Morgan fingerprint density at radius 2 is 2.14 bits per heavy atom. The molecular weight excluding hydrogens is 479 g/mol. The van der Waals surface area contributed by atoms with Gasteiger partial charge in [-0.2, -0.15) is 0 Å². The fraction of sp³-hybridized carbons (Fsp3) is 0.619. The minimum absolute atomic E-state index is 0. The van der Waals surface area contributed by atoms with Gasteiger partial charge in [-0.1, -0.05) is 12.1 Å². The molecule has 2 unspecified atom stereocenters. The molecule has 0 saturated carbocycles. The second-order valence-corrected chi connectivity index (χ2v) is 7.54. The second kappa shape index (κ2) is 11.7. The molecular formula is C21H35IN6O. The Morgan fingerprint density at radius 1 is 1.34 bits per heavy atom. The first-order valence-corrected chi connectivity index (χ1v) is 10.3. The molecule has 1 aromatic heterocycles. The molecule has 1 aromatic carbocycles. The van der Waals surface area contributed by atoms with Crippen LogP contribution in [0.25, 0.3) is 11.0 Å². The van der Waals surface area contributed by atoms with Crippen LogP contribution in [0.1, 0.15) is 26.1 Å². The lowest BCUT2D eigenvalue weighted by Gasteiger charge is -2.38. The molecule has 0 radical (unpaired) electrons. The van der Waals surface area contributed by atoms with Gasteiger partial charge in [-0.3, -0.25) is 9.89 Å². The summed E-state index contributed by atoms with van der Waals surface area (Å²) in [5.74, 6) is 1.93. The molecule has 2 heterocycles. The number of halogens is 1. The lowest BCUT2D eigenvalue weighted by atomic mass is 10.2. The van der Waals surface area contributed by atoms with E-state index in [4.69, 9.17) is 4.74 Å². The van der Waals surface area contributed by atoms with Gasteiger partial charge in [0.05, 0.1) is 24.2 Å². The number of aryl methyl sites for hydroxylation is 2. The first-order valence-electron chi connectivity index (χ1n) is 10.3. The third kappa shape index (κ3) is 6.29. The van der Waals surface area contributed by atoms with Gasteiger partial charge < -0.3 is 19.9 Å². The summed E-state index contributed by atoms with van der Waals surface area (Å²) in [6.45, 7) is 11.9. The van der Waals surface area contributed by atoms with E-state index in [1.54, 1.807) is 0 Å². The van der Waals surface area contributed by atoms with Gasteiger partial charge in [0.2, 0.25) is 0 Å². The minimum Gasteiger partial charge on any atom is -0.379 e. The number of guanidine groups is 1. The normalized spacial score (nSPS) is 19.0. The number of fused-ring (bicyclic) bond motifs is 1. The zero-order valence-corrected chi connectivity index (χ0v) is 20.3. The summed E-state index contributed by atoms with van der Waals surface area (Å²) in [4.78, 5) is 11.5. The molecule has 162 valence electrons. The number of ether oxygens (including phenoxy) is 1. The van der Waals surface area contributed by atoms with Crippen LogP contribution in [0.2, 0.25) is 0 Å². The fourth-order valence-corrected chi connectivity index (χ4v) is 3.90. The lowest BCUT2D eigenvalue weighted by molar-refractivity contribution is -0.0174. The molecule has 1 saturated heterocycles. The number of aliphatic imine (C=N–C) groups is 1. The van der Waals surface area contributed by atoms with Crippen LogP contribution < -0.4 is 10.6 Å². The number of hydrogen-bond acceptors (Lipinski definition) is 4. The third-order valence-corrected chi connectivity index (χ3v) is 5.47. The van der Waals surface area contributed by atoms with E-state index < -0.39 is 0 Å². The Balaban J connectivity index is 0.00000300. The van der Waals surface area contributed by atoms with Gasteiger partial charge in [0.15, 0.2) is 5.96 Å². The first-order chi connectivity index (χ1) is 13.6. The molecule has 3 rings (SSSR count). The molecule has 29 heavy (non-hydrogen) atoms. The minimum atomic E-state index is 0. The summed E-state index contributed by atoms with van der Waals surface area (Å²) in [5, 5.41) is 6.89. The quantitative estimate of drug-likeness (QED) is 0.258. The third-order valence-electron chi connectivity index (χ3n) is 5.47. The summed E-state index contributed by atoms with van der Waals surface area (Å²) >= 11 is 0. The molecule has 8 heteroatoms. The van der Waals surface area contributed by atoms with Gasteiger partial charge in [-0.25, -0.2) is 4.98 Å². The van der Waals surface area contributed by atoms with E-state index in [1.807, 2.05) is 13.1 Å². The molecule has 0 aliphatic carbocycles. The molecule has 1 aliphatic heterocycles. The van der Waals surface area contributed by atoms with Crippen molar-refractivity contribution < 1.29 is 4.74 Å². The van der Waals surface area contributed by atoms with Crippen molar-refractivity contribution in [3.63, 3.8) is 0 Å². The predicted molar refractivity (Wildman–Crippen MR) is 130 cm³/mol. The van der Waals surface area contributed by atoms with E-state index >= 15 is 0 Å². The Labute approximate surface area is 191 Å². The number of imidazole rings is 1. The molecule has 0 amide bonds. The van der Waals surface area contributed by atoms with Crippen LogP contribution in [0.15, 0.2) is 29.3 Å². The monoisotopic (exact) mass is 514 g/mol. The van der Waals surface area contributed by atoms with Crippen molar-refractivity contribution in [3.05, 3.63) is 30.1 Å². The van der Waals surface area contributed by atoms with Crippen molar-refractivity contribution in [3.8, 4) is 0 Å². The van der Waals surface area contributed by atoms with Crippen LogP contribution in [-0.2, 0) is 11.3 Å². The van der Waals surface area contributed by atoms with Crippen LogP contribution in [-0.4, -0.2) is 72.4 Å². The van der Waals surface area contributed by atoms with Crippen molar-refractivity contribution in [1.82, 2.24) is 25.1 Å². The largest absolute Gasteiger partial charge is 0.379 e. The number of nitrogens with zero attached hydrogens (tertiary/aromatic N) is 4. The van der Waals surface area contributed by atoms with Crippen LogP contribution in [0.4, 0.5) is 0 Å². The fourth-order valence-electron chi connectivity index (χ4n) is 3.90. The highest BCUT2D eigenvalue weighted by atomic mass is 127. The van der Waals surface area contributed by atoms with Crippen molar-refractivity contribution in [2.75, 3.05) is 39.9 Å². The van der Waals surface area contributed by atoms with Crippen molar-refractivity contribution in [2.24, 2.45) is 4.99 Å². The van der Waals surface area contributed by atoms with Gasteiger partial charge in [0.1, 0.15) is 5.82 Å². The summed E-state index contributed by atoms with van der Waals surface area (Å²) < 4.78 is 7.82. The molecule has 1 fully saturated rings. The highest BCUT2D eigenvalue weighted by Crippen LogP contribution is 2.15. The molecule has 1 aliphatic rings. The first kappa shape index (κ1) is 23.9. The van der Waals surface area contributed by atoms with E-state index in [0.29, 0.717) is 12.1 Å². The molecule has 2 atom stereocenters. The maximum absolute atomic E-state index is 5.54.